The Morgan fingerprint density at radius 2 is 2.29 bits per heavy atom. The quantitative estimate of drug-likeness (QED) is 0.812. The Hall–Kier alpha value is -1.13. The fourth-order valence-electron chi connectivity index (χ4n) is 3.40. The Morgan fingerprint density at radius 1 is 1.48 bits per heavy atom. The van der Waals surface area contributed by atoms with Crippen LogP contribution in [0.15, 0.2) is 18.2 Å². The number of hydrogen-bond donors (Lipinski definition) is 2. The fraction of sp³-hybridized carbons (Fsp3) is 0.647. The second kappa shape index (κ2) is 7.23. The van der Waals surface area contributed by atoms with E-state index in [0.717, 1.165) is 32.2 Å². The number of rotatable bonds is 7. The molecular weight excluding hydrogens is 269 g/mol. The molecule has 3 nitrogen and oxygen atoms in total. The predicted octanol–water partition coefficient (Wildman–Crippen LogP) is 3.04. The van der Waals surface area contributed by atoms with Crippen LogP contribution in [0, 0.1) is 18.7 Å². The van der Waals surface area contributed by atoms with Gasteiger partial charge in [0.25, 0.3) is 0 Å². The smallest absolute Gasteiger partial charge is 0.129 e. The molecule has 1 fully saturated rings. The molecule has 118 valence electrons. The summed E-state index contributed by atoms with van der Waals surface area (Å²) < 4.78 is 19.1. The van der Waals surface area contributed by atoms with E-state index in [1.807, 2.05) is 0 Å². The summed E-state index contributed by atoms with van der Waals surface area (Å²) in [6, 6.07) is 4.97. The average Bonchev–Trinajstić information content (AvgIpc) is 2.87. The number of nitrogens with one attached hydrogen (secondary N) is 1. The molecule has 1 aromatic carbocycles. The fourth-order valence-corrected chi connectivity index (χ4v) is 3.40. The minimum Gasteiger partial charge on any atom is -0.493 e. The lowest BCUT2D eigenvalue weighted by Crippen LogP contribution is -2.51. The Labute approximate surface area is 126 Å². The van der Waals surface area contributed by atoms with Gasteiger partial charge in [0.1, 0.15) is 11.6 Å². The van der Waals surface area contributed by atoms with Crippen LogP contribution in [0.4, 0.5) is 4.39 Å². The maximum atomic E-state index is 13.5. The van der Waals surface area contributed by atoms with Crippen LogP contribution in [0.5, 0.6) is 5.75 Å². The van der Waals surface area contributed by atoms with Crippen LogP contribution in [0.25, 0.3) is 0 Å². The first-order valence-electron chi connectivity index (χ1n) is 7.86. The normalized spacial score (nSPS) is 25.2. The van der Waals surface area contributed by atoms with Gasteiger partial charge >= 0.3 is 0 Å². The SMILES string of the molecule is CCNC1(CO)CCCC1CCOc1ccc(C)c(F)c1. The Kier molecular flexibility index (Phi) is 5.59. The van der Waals surface area contributed by atoms with Gasteiger partial charge in [0.2, 0.25) is 0 Å². The lowest BCUT2D eigenvalue weighted by atomic mass is 9.85. The first kappa shape index (κ1) is 16.2. The van der Waals surface area contributed by atoms with Gasteiger partial charge < -0.3 is 15.2 Å². The Bertz CT molecular complexity index is 466. The first-order valence-corrected chi connectivity index (χ1v) is 7.86. The molecule has 0 heterocycles. The molecule has 1 saturated carbocycles. The van der Waals surface area contributed by atoms with E-state index in [1.54, 1.807) is 19.1 Å². The van der Waals surface area contributed by atoms with Gasteiger partial charge in [0, 0.05) is 11.6 Å². The minimum absolute atomic E-state index is 0.156. The van der Waals surface area contributed by atoms with Crippen LogP contribution in [0.2, 0.25) is 0 Å². The van der Waals surface area contributed by atoms with Gasteiger partial charge in [-0.05, 0) is 50.3 Å². The number of hydrogen-bond acceptors (Lipinski definition) is 3. The molecule has 0 aromatic heterocycles. The highest BCUT2D eigenvalue weighted by Gasteiger charge is 2.41. The molecule has 1 aliphatic carbocycles. The summed E-state index contributed by atoms with van der Waals surface area (Å²) in [6.45, 7) is 5.40. The molecule has 0 saturated heterocycles. The lowest BCUT2D eigenvalue weighted by Gasteiger charge is -2.34. The van der Waals surface area contributed by atoms with Gasteiger partial charge in [-0.3, -0.25) is 0 Å². The number of aryl methyl sites for hydroxylation is 1. The van der Waals surface area contributed by atoms with Crippen LogP contribution in [0.3, 0.4) is 0 Å². The molecule has 2 N–H and O–H groups in total. The lowest BCUT2D eigenvalue weighted by molar-refractivity contribution is 0.111. The molecule has 1 aromatic rings. The van der Waals surface area contributed by atoms with E-state index in [9.17, 15) is 9.50 Å². The molecule has 0 bridgehead atoms. The van der Waals surface area contributed by atoms with Crippen molar-refractivity contribution in [2.24, 2.45) is 5.92 Å². The third kappa shape index (κ3) is 3.74. The van der Waals surface area contributed by atoms with E-state index in [-0.39, 0.29) is 18.0 Å². The summed E-state index contributed by atoms with van der Waals surface area (Å²) in [5.74, 6) is 0.762. The molecular formula is C17H26FNO2. The standard InChI is InChI=1S/C17H26FNO2/c1-3-19-17(12-20)9-4-5-14(17)8-10-21-15-7-6-13(2)16(18)11-15/h6-7,11,14,19-20H,3-5,8-10,12H2,1-2H3. The highest BCUT2D eigenvalue weighted by Crippen LogP contribution is 2.37. The summed E-state index contributed by atoms with van der Waals surface area (Å²) in [6.07, 6.45) is 4.14. The zero-order valence-electron chi connectivity index (χ0n) is 13.0. The molecule has 2 atom stereocenters. The van der Waals surface area contributed by atoms with E-state index in [4.69, 9.17) is 4.74 Å². The molecule has 2 unspecified atom stereocenters. The molecule has 0 amide bonds. The monoisotopic (exact) mass is 295 g/mol. The highest BCUT2D eigenvalue weighted by atomic mass is 19.1. The van der Waals surface area contributed by atoms with E-state index >= 15 is 0 Å². The maximum Gasteiger partial charge on any atom is 0.129 e. The second-order valence-corrected chi connectivity index (χ2v) is 5.98. The summed E-state index contributed by atoms with van der Waals surface area (Å²) >= 11 is 0. The highest BCUT2D eigenvalue weighted by molar-refractivity contribution is 5.27. The van der Waals surface area contributed by atoms with Gasteiger partial charge in [-0.15, -0.1) is 0 Å². The van der Waals surface area contributed by atoms with Crippen LogP contribution in [0.1, 0.15) is 38.2 Å². The topological polar surface area (TPSA) is 41.5 Å². The number of ether oxygens (including phenoxy) is 1. The van der Waals surface area contributed by atoms with Crippen LogP contribution in [-0.4, -0.2) is 30.4 Å². The zero-order chi connectivity index (χ0) is 15.3. The second-order valence-electron chi connectivity index (χ2n) is 5.98. The van der Waals surface area contributed by atoms with E-state index in [2.05, 4.69) is 12.2 Å². The largest absolute Gasteiger partial charge is 0.493 e. The van der Waals surface area contributed by atoms with Crippen molar-refractivity contribution in [3.63, 3.8) is 0 Å². The number of aliphatic hydroxyl groups is 1. The van der Waals surface area contributed by atoms with Gasteiger partial charge in [0.15, 0.2) is 0 Å². The van der Waals surface area contributed by atoms with Crippen LogP contribution >= 0.6 is 0 Å². The van der Waals surface area contributed by atoms with E-state index in [0.29, 0.717) is 23.8 Å². The Balaban J connectivity index is 1.88. The molecule has 4 heteroatoms. The summed E-state index contributed by atoms with van der Waals surface area (Å²) in [4.78, 5) is 0. The third-order valence-corrected chi connectivity index (χ3v) is 4.65. The Morgan fingerprint density at radius 3 is 2.95 bits per heavy atom. The van der Waals surface area contributed by atoms with Crippen molar-refractivity contribution in [2.45, 2.75) is 45.1 Å². The van der Waals surface area contributed by atoms with Crippen LogP contribution in [-0.2, 0) is 0 Å². The van der Waals surface area contributed by atoms with Crippen molar-refractivity contribution >= 4 is 0 Å². The average molecular weight is 295 g/mol. The van der Waals surface area contributed by atoms with Gasteiger partial charge in [-0.1, -0.05) is 19.4 Å². The zero-order valence-corrected chi connectivity index (χ0v) is 13.0. The van der Waals surface area contributed by atoms with E-state index < -0.39 is 0 Å². The van der Waals surface area contributed by atoms with Gasteiger partial charge in [0.05, 0.1) is 13.2 Å². The summed E-state index contributed by atoms with van der Waals surface area (Å²) in [5.41, 5.74) is 0.473. The number of aliphatic hydroxyl groups excluding tert-OH is 1. The van der Waals surface area contributed by atoms with Crippen molar-refractivity contribution in [1.82, 2.24) is 5.32 Å². The first-order chi connectivity index (χ1) is 10.1. The van der Waals surface area contributed by atoms with Gasteiger partial charge in [-0.25, -0.2) is 4.39 Å². The predicted molar refractivity (Wildman–Crippen MR) is 82.1 cm³/mol. The maximum absolute atomic E-state index is 13.5. The van der Waals surface area contributed by atoms with Crippen LogP contribution < -0.4 is 10.1 Å². The molecule has 1 aliphatic rings. The number of halogens is 1. The van der Waals surface area contributed by atoms with Crippen molar-refractivity contribution in [3.8, 4) is 5.75 Å². The number of benzene rings is 1. The van der Waals surface area contributed by atoms with Crippen molar-refractivity contribution in [2.75, 3.05) is 19.8 Å². The number of likely N-dealkylation sites (N-methyl/N-ethyl adjacent to an activating group) is 1. The molecule has 2 rings (SSSR count). The molecule has 21 heavy (non-hydrogen) atoms. The van der Waals surface area contributed by atoms with Crippen molar-refractivity contribution < 1.29 is 14.2 Å². The minimum atomic E-state index is -0.231. The van der Waals surface area contributed by atoms with Crippen molar-refractivity contribution in [3.05, 3.63) is 29.6 Å². The summed E-state index contributed by atoms with van der Waals surface area (Å²) in [7, 11) is 0. The van der Waals surface area contributed by atoms with Gasteiger partial charge in [-0.2, -0.15) is 0 Å². The molecule has 0 radical (unpaired) electrons. The molecule has 0 aliphatic heterocycles. The van der Waals surface area contributed by atoms with Crippen molar-refractivity contribution in [1.29, 1.82) is 0 Å². The summed E-state index contributed by atoms with van der Waals surface area (Å²) in [5, 5.41) is 13.2. The third-order valence-electron chi connectivity index (χ3n) is 4.65. The van der Waals surface area contributed by atoms with E-state index in [1.165, 1.54) is 6.07 Å². The molecule has 0 spiro atoms.